The average molecular weight is 486 g/mol. The van der Waals surface area contributed by atoms with Gasteiger partial charge < -0.3 is 13.9 Å². The quantitative estimate of drug-likeness (QED) is 0.254. The Hall–Kier alpha value is -3.33. The van der Waals surface area contributed by atoms with Crippen molar-refractivity contribution in [1.29, 1.82) is 0 Å². The van der Waals surface area contributed by atoms with Gasteiger partial charge in [-0.2, -0.15) is 0 Å². The molecule has 1 aliphatic rings. The van der Waals surface area contributed by atoms with Crippen LogP contribution in [0, 0.1) is 0 Å². The van der Waals surface area contributed by atoms with Crippen molar-refractivity contribution in [2.24, 2.45) is 0 Å². The summed E-state index contributed by atoms with van der Waals surface area (Å²) >= 11 is 0.741. The van der Waals surface area contributed by atoms with E-state index in [9.17, 15) is 19.2 Å². The number of benzene rings is 1. The molecule has 0 radical (unpaired) electrons. The molecule has 1 aromatic heterocycles. The highest BCUT2D eigenvalue weighted by Crippen LogP contribution is 2.33. The standard InChI is InChI=1S/C25H27NO7S/c1-4-6-13-31-24(29)18-9-7-17(8-10-18)20-12-11-19(33-20)14-21-23(28)26(25(30)34-21)15-22(27)32-16(3)5-2/h7-12,14,16H,4-6,13,15H2,1-3H3/b21-14+/t16-/m1/s1. The number of furan rings is 1. The molecule has 180 valence electrons. The summed E-state index contributed by atoms with van der Waals surface area (Å²) in [5.41, 5.74) is 1.19. The van der Waals surface area contributed by atoms with E-state index in [2.05, 4.69) is 0 Å². The summed E-state index contributed by atoms with van der Waals surface area (Å²) in [6.45, 7) is 5.60. The van der Waals surface area contributed by atoms with E-state index in [0.717, 1.165) is 35.1 Å². The second-order valence-electron chi connectivity index (χ2n) is 7.75. The van der Waals surface area contributed by atoms with Gasteiger partial charge in [-0.25, -0.2) is 4.79 Å². The first-order valence-corrected chi connectivity index (χ1v) is 12.0. The third-order valence-electron chi connectivity index (χ3n) is 5.10. The molecule has 0 bridgehead atoms. The first-order chi connectivity index (χ1) is 16.3. The van der Waals surface area contributed by atoms with E-state index >= 15 is 0 Å². The smallest absolute Gasteiger partial charge is 0.338 e. The molecule has 0 saturated carbocycles. The summed E-state index contributed by atoms with van der Waals surface area (Å²) in [5, 5.41) is -0.537. The number of thioether (sulfide) groups is 1. The van der Waals surface area contributed by atoms with Gasteiger partial charge in [0.05, 0.1) is 23.2 Å². The average Bonchev–Trinajstić information content (AvgIpc) is 3.39. The molecule has 1 fully saturated rings. The fraction of sp³-hybridized carbons (Fsp3) is 0.360. The summed E-state index contributed by atoms with van der Waals surface area (Å²) in [6, 6.07) is 10.2. The van der Waals surface area contributed by atoms with Crippen LogP contribution < -0.4 is 0 Å². The van der Waals surface area contributed by atoms with Crippen LogP contribution in [0.25, 0.3) is 17.4 Å². The first-order valence-electron chi connectivity index (χ1n) is 11.1. The normalized spacial score (nSPS) is 15.6. The number of carbonyl (C=O) groups is 4. The third kappa shape index (κ3) is 6.38. The molecule has 34 heavy (non-hydrogen) atoms. The topological polar surface area (TPSA) is 103 Å². The van der Waals surface area contributed by atoms with E-state index in [4.69, 9.17) is 13.9 Å². The Morgan fingerprint density at radius 2 is 1.85 bits per heavy atom. The monoisotopic (exact) mass is 485 g/mol. The van der Waals surface area contributed by atoms with Crippen LogP contribution in [0.5, 0.6) is 0 Å². The summed E-state index contributed by atoms with van der Waals surface area (Å²) in [5.74, 6) is -0.654. The van der Waals surface area contributed by atoms with Gasteiger partial charge in [-0.3, -0.25) is 19.3 Å². The maximum Gasteiger partial charge on any atom is 0.338 e. The Bertz CT molecular complexity index is 1090. The Labute approximate surface area is 202 Å². The predicted octanol–water partition coefficient (Wildman–Crippen LogP) is 5.28. The van der Waals surface area contributed by atoms with Gasteiger partial charge in [-0.1, -0.05) is 32.4 Å². The van der Waals surface area contributed by atoms with E-state index < -0.39 is 23.7 Å². The van der Waals surface area contributed by atoms with E-state index in [-0.39, 0.29) is 17.0 Å². The molecule has 2 heterocycles. The van der Waals surface area contributed by atoms with Crippen LogP contribution in [0.3, 0.4) is 0 Å². The second kappa shape index (κ2) is 11.7. The van der Waals surface area contributed by atoms with E-state index in [1.54, 1.807) is 43.3 Å². The number of imide groups is 1. The van der Waals surface area contributed by atoms with Gasteiger partial charge in [-0.15, -0.1) is 0 Å². The van der Waals surface area contributed by atoms with Crippen LogP contribution in [0.2, 0.25) is 0 Å². The van der Waals surface area contributed by atoms with Crippen molar-refractivity contribution >= 4 is 40.9 Å². The summed E-state index contributed by atoms with van der Waals surface area (Å²) in [7, 11) is 0. The van der Waals surface area contributed by atoms with Gasteiger partial charge in [0, 0.05) is 11.6 Å². The van der Waals surface area contributed by atoms with Gasteiger partial charge in [0.1, 0.15) is 18.1 Å². The van der Waals surface area contributed by atoms with Crippen LogP contribution in [0.4, 0.5) is 4.79 Å². The lowest BCUT2D eigenvalue weighted by atomic mass is 10.1. The van der Waals surface area contributed by atoms with Crippen molar-refractivity contribution in [3.63, 3.8) is 0 Å². The SMILES string of the molecule is CCCCOC(=O)c1ccc(-c2ccc(/C=C3/SC(=O)N(CC(=O)O[C@H](C)CC)C3=O)o2)cc1. The Morgan fingerprint density at radius 1 is 1.12 bits per heavy atom. The van der Waals surface area contributed by atoms with Crippen molar-refractivity contribution in [2.75, 3.05) is 13.2 Å². The molecule has 3 rings (SSSR count). The lowest BCUT2D eigenvalue weighted by molar-refractivity contribution is -0.150. The molecular weight excluding hydrogens is 458 g/mol. The molecule has 0 unspecified atom stereocenters. The number of hydrogen-bond acceptors (Lipinski definition) is 8. The van der Waals surface area contributed by atoms with Gasteiger partial charge in [0.25, 0.3) is 11.1 Å². The molecule has 1 aliphatic heterocycles. The number of rotatable bonds is 10. The third-order valence-corrected chi connectivity index (χ3v) is 6.01. The number of ether oxygens (including phenoxy) is 2. The van der Waals surface area contributed by atoms with E-state index in [0.29, 0.717) is 30.1 Å². The highest BCUT2D eigenvalue weighted by Gasteiger charge is 2.37. The minimum Gasteiger partial charge on any atom is -0.462 e. The second-order valence-corrected chi connectivity index (χ2v) is 8.74. The molecule has 1 aromatic carbocycles. The van der Waals surface area contributed by atoms with Crippen molar-refractivity contribution < 1.29 is 33.1 Å². The van der Waals surface area contributed by atoms with Crippen molar-refractivity contribution in [2.45, 2.75) is 46.1 Å². The van der Waals surface area contributed by atoms with Crippen LogP contribution in [-0.4, -0.2) is 47.2 Å². The highest BCUT2D eigenvalue weighted by molar-refractivity contribution is 8.18. The van der Waals surface area contributed by atoms with Crippen LogP contribution in [0.15, 0.2) is 45.7 Å². The fourth-order valence-electron chi connectivity index (χ4n) is 2.99. The minimum absolute atomic E-state index is 0.160. The Balaban J connectivity index is 1.65. The van der Waals surface area contributed by atoms with E-state index in [1.807, 2.05) is 13.8 Å². The van der Waals surface area contributed by atoms with Gasteiger partial charge >= 0.3 is 11.9 Å². The number of amides is 2. The Kier molecular flexibility index (Phi) is 8.70. The molecule has 1 saturated heterocycles. The summed E-state index contributed by atoms with van der Waals surface area (Å²) in [4.78, 5) is 49.9. The summed E-state index contributed by atoms with van der Waals surface area (Å²) in [6.07, 6.45) is 3.59. The van der Waals surface area contributed by atoms with Crippen LogP contribution in [-0.2, 0) is 19.1 Å². The van der Waals surface area contributed by atoms with Crippen LogP contribution in [0.1, 0.15) is 56.2 Å². The number of hydrogen-bond donors (Lipinski definition) is 0. The molecule has 2 aromatic rings. The molecule has 0 spiro atoms. The molecule has 9 heteroatoms. The van der Waals surface area contributed by atoms with Gasteiger partial charge in [0.2, 0.25) is 0 Å². The number of nitrogens with zero attached hydrogens (tertiary/aromatic N) is 1. The van der Waals surface area contributed by atoms with Crippen molar-refractivity contribution in [3.8, 4) is 11.3 Å². The maximum atomic E-state index is 12.6. The molecule has 8 nitrogen and oxygen atoms in total. The largest absolute Gasteiger partial charge is 0.462 e. The summed E-state index contributed by atoms with van der Waals surface area (Å²) < 4.78 is 16.2. The minimum atomic E-state index is -0.629. The van der Waals surface area contributed by atoms with E-state index in [1.165, 1.54) is 6.08 Å². The zero-order chi connectivity index (χ0) is 24.7. The number of unbranched alkanes of at least 4 members (excludes halogenated alkanes) is 1. The zero-order valence-corrected chi connectivity index (χ0v) is 20.2. The zero-order valence-electron chi connectivity index (χ0n) is 19.4. The number of esters is 2. The highest BCUT2D eigenvalue weighted by atomic mass is 32.2. The molecule has 0 aliphatic carbocycles. The van der Waals surface area contributed by atoms with Crippen molar-refractivity contribution in [3.05, 3.63) is 52.6 Å². The molecular formula is C25H27NO7S. The lowest BCUT2D eigenvalue weighted by Gasteiger charge is -2.14. The fourth-order valence-corrected chi connectivity index (χ4v) is 3.81. The molecule has 2 amide bonds. The maximum absolute atomic E-state index is 12.6. The molecule has 1 atom stereocenters. The number of carbonyl (C=O) groups excluding carboxylic acids is 4. The van der Waals surface area contributed by atoms with Crippen molar-refractivity contribution in [1.82, 2.24) is 4.90 Å². The van der Waals surface area contributed by atoms with Gasteiger partial charge in [-0.05, 0) is 55.8 Å². The molecule has 0 N–H and O–H groups in total. The first kappa shape index (κ1) is 25.3. The lowest BCUT2D eigenvalue weighted by Crippen LogP contribution is -2.35. The Morgan fingerprint density at radius 3 is 2.53 bits per heavy atom. The van der Waals surface area contributed by atoms with Crippen LogP contribution >= 0.6 is 11.8 Å². The predicted molar refractivity (Wildman–Crippen MR) is 128 cm³/mol. The van der Waals surface area contributed by atoms with Gasteiger partial charge in [0.15, 0.2) is 0 Å².